The van der Waals surface area contributed by atoms with Crippen molar-refractivity contribution in [3.63, 3.8) is 0 Å². The first-order valence-electron chi connectivity index (χ1n) is 8.92. The van der Waals surface area contributed by atoms with Crippen LogP contribution in [0.2, 0.25) is 0 Å². The lowest BCUT2D eigenvalue weighted by Crippen LogP contribution is -2.40. The molecule has 1 atom stereocenters. The molecule has 3 heterocycles. The highest BCUT2D eigenvalue weighted by Gasteiger charge is 2.41. The fraction of sp³-hybridized carbons (Fsp3) is 0.250. The maximum atomic E-state index is 14.0. The van der Waals surface area contributed by atoms with Crippen molar-refractivity contribution in [3.05, 3.63) is 71.8 Å². The van der Waals surface area contributed by atoms with E-state index in [2.05, 4.69) is 15.5 Å². The lowest BCUT2D eigenvalue weighted by molar-refractivity contribution is 0.0457. The summed E-state index contributed by atoms with van der Waals surface area (Å²) in [4.78, 5) is 18.1. The van der Waals surface area contributed by atoms with E-state index < -0.39 is 11.4 Å². The number of likely N-dealkylation sites (tertiary alicyclic amines) is 1. The van der Waals surface area contributed by atoms with Gasteiger partial charge in [-0.05, 0) is 24.6 Å². The van der Waals surface area contributed by atoms with E-state index in [1.807, 2.05) is 6.07 Å². The molecule has 1 unspecified atom stereocenters. The van der Waals surface area contributed by atoms with Gasteiger partial charge in [-0.15, -0.1) is 0 Å². The Morgan fingerprint density at radius 1 is 1.29 bits per heavy atom. The van der Waals surface area contributed by atoms with Gasteiger partial charge in [-0.3, -0.25) is 4.98 Å². The summed E-state index contributed by atoms with van der Waals surface area (Å²) in [5.74, 6) is 0.0388. The lowest BCUT2D eigenvalue weighted by Gasteiger charge is -2.24. The van der Waals surface area contributed by atoms with Crippen LogP contribution in [-0.4, -0.2) is 39.3 Å². The molecule has 0 spiro atoms. The number of aromatic nitrogens is 2. The number of nitrogens with one attached hydrogen (secondary N) is 1. The van der Waals surface area contributed by atoms with Crippen LogP contribution in [-0.2, 0) is 12.1 Å². The number of hydrogen-bond donors (Lipinski definition) is 2. The minimum absolute atomic E-state index is 0.0256. The van der Waals surface area contributed by atoms with Gasteiger partial charge in [0.15, 0.2) is 5.76 Å². The van der Waals surface area contributed by atoms with Gasteiger partial charge in [-0.25, -0.2) is 9.18 Å². The van der Waals surface area contributed by atoms with Crippen molar-refractivity contribution in [2.75, 3.05) is 13.1 Å². The SMILES string of the molecule is O=C(NCc1cc(-c2ccccn2)on1)N1CCC(O)(c2ccccc2F)C1. The molecule has 0 saturated carbocycles. The van der Waals surface area contributed by atoms with E-state index in [1.165, 1.54) is 11.0 Å². The van der Waals surface area contributed by atoms with Crippen molar-refractivity contribution in [2.45, 2.75) is 18.6 Å². The highest BCUT2D eigenvalue weighted by molar-refractivity contribution is 5.74. The van der Waals surface area contributed by atoms with Crippen molar-refractivity contribution >= 4 is 6.03 Å². The molecule has 1 aromatic carbocycles. The normalized spacial score (nSPS) is 19.0. The minimum atomic E-state index is -1.39. The third kappa shape index (κ3) is 3.59. The molecule has 1 saturated heterocycles. The number of amides is 2. The van der Waals surface area contributed by atoms with Crippen LogP contribution in [0.5, 0.6) is 0 Å². The molecular weight excluding hydrogens is 363 g/mol. The molecule has 8 heteroatoms. The predicted octanol–water partition coefficient (Wildman–Crippen LogP) is 2.68. The van der Waals surface area contributed by atoms with Crippen LogP contribution in [0.3, 0.4) is 0 Å². The maximum Gasteiger partial charge on any atom is 0.317 e. The van der Waals surface area contributed by atoms with E-state index in [4.69, 9.17) is 4.52 Å². The van der Waals surface area contributed by atoms with Crippen molar-refractivity contribution in [2.24, 2.45) is 0 Å². The summed E-state index contributed by atoms with van der Waals surface area (Å²) >= 11 is 0. The summed E-state index contributed by atoms with van der Waals surface area (Å²) in [6.45, 7) is 0.524. The van der Waals surface area contributed by atoms with Gasteiger partial charge in [0.2, 0.25) is 0 Å². The standard InChI is InChI=1S/C20H19FN4O3/c21-16-6-2-1-5-15(16)20(27)8-10-25(13-20)19(26)23-12-14-11-18(28-24-14)17-7-3-4-9-22-17/h1-7,9,11,27H,8,10,12-13H2,(H,23,26). The van der Waals surface area contributed by atoms with Gasteiger partial charge >= 0.3 is 6.03 Å². The summed E-state index contributed by atoms with van der Waals surface area (Å²) in [7, 11) is 0. The van der Waals surface area contributed by atoms with Gasteiger partial charge in [0, 0.05) is 24.4 Å². The number of carbonyl (C=O) groups is 1. The van der Waals surface area contributed by atoms with Crippen LogP contribution in [0, 0.1) is 5.82 Å². The second-order valence-electron chi connectivity index (χ2n) is 6.74. The third-order valence-corrected chi connectivity index (χ3v) is 4.81. The quantitative estimate of drug-likeness (QED) is 0.724. The Labute approximate surface area is 160 Å². The van der Waals surface area contributed by atoms with Gasteiger partial charge in [0.25, 0.3) is 0 Å². The Morgan fingerprint density at radius 2 is 2.11 bits per heavy atom. The van der Waals surface area contributed by atoms with E-state index in [1.54, 1.807) is 42.6 Å². The first-order valence-corrected chi connectivity index (χ1v) is 8.92. The Hall–Kier alpha value is -3.26. The first kappa shape index (κ1) is 18.1. The highest BCUT2D eigenvalue weighted by Crippen LogP contribution is 2.33. The smallest absolute Gasteiger partial charge is 0.317 e. The van der Waals surface area contributed by atoms with Crippen LogP contribution in [0.4, 0.5) is 9.18 Å². The van der Waals surface area contributed by atoms with Crippen LogP contribution >= 0.6 is 0 Å². The highest BCUT2D eigenvalue weighted by atomic mass is 19.1. The molecule has 144 valence electrons. The van der Waals surface area contributed by atoms with E-state index in [-0.39, 0.29) is 31.1 Å². The van der Waals surface area contributed by atoms with Crippen LogP contribution < -0.4 is 5.32 Å². The predicted molar refractivity (Wildman–Crippen MR) is 98.5 cm³/mol. The van der Waals surface area contributed by atoms with Gasteiger partial charge in [-0.1, -0.05) is 29.4 Å². The molecule has 1 fully saturated rings. The minimum Gasteiger partial charge on any atom is -0.383 e. The topological polar surface area (TPSA) is 91.5 Å². The van der Waals surface area contributed by atoms with E-state index in [0.29, 0.717) is 23.7 Å². The third-order valence-electron chi connectivity index (χ3n) is 4.81. The zero-order valence-electron chi connectivity index (χ0n) is 15.0. The number of urea groups is 1. The zero-order valence-corrected chi connectivity index (χ0v) is 15.0. The largest absolute Gasteiger partial charge is 0.383 e. The summed E-state index contributed by atoms with van der Waals surface area (Å²) in [5.41, 5.74) is 0.0318. The van der Waals surface area contributed by atoms with Gasteiger partial charge in [0.05, 0.1) is 13.1 Å². The molecule has 2 N–H and O–H groups in total. The molecule has 2 aromatic heterocycles. The summed E-state index contributed by atoms with van der Waals surface area (Å²) in [6.07, 6.45) is 1.93. The fourth-order valence-electron chi connectivity index (χ4n) is 3.33. The Morgan fingerprint density at radius 3 is 2.89 bits per heavy atom. The average molecular weight is 382 g/mol. The number of halogens is 1. The van der Waals surface area contributed by atoms with Crippen molar-refractivity contribution in [1.82, 2.24) is 20.4 Å². The van der Waals surface area contributed by atoms with E-state index in [0.717, 1.165) is 0 Å². The second kappa shape index (κ2) is 7.40. The van der Waals surface area contributed by atoms with Gasteiger partial charge in [-0.2, -0.15) is 0 Å². The number of benzene rings is 1. The number of pyridine rings is 1. The van der Waals surface area contributed by atoms with Crippen molar-refractivity contribution in [3.8, 4) is 11.5 Å². The number of carbonyl (C=O) groups excluding carboxylic acids is 1. The molecule has 2 amide bonds. The zero-order chi connectivity index (χ0) is 19.6. The molecule has 3 aromatic rings. The Kier molecular flexibility index (Phi) is 4.79. The second-order valence-corrected chi connectivity index (χ2v) is 6.74. The number of nitrogens with zero attached hydrogens (tertiary/aromatic N) is 3. The first-order chi connectivity index (χ1) is 13.5. The maximum absolute atomic E-state index is 14.0. The summed E-state index contributed by atoms with van der Waals surface area (Å²) in [6, 6.07) is 12.9. The average Bonchev–Trinajstić information content (AvgIpc) is 3.35. The molecule has 7 nitrogen and oxygen atoms in total. The van der Waals surface area contributed by atoms with E-state index in [9.17, 15) is 14.3 Å². The monoisotopic (exact) mass is 382 g/mol. The fourth-order valence-corrected chi connectivity index (χ4v) is 3.33. The van der Waals surface area contributed by atoms with E-state index >= 15 is 0 Å². The molecule has 4 rings (SSSR count). The Balaban J connectivity index is 1.36. The number of β-amino-alcohol motifs (C(OH)–C–C–N with tert-alkyl or cyclic N) is 1. The summed E-state index contributed by atoms with van der Waals surface area (Å²) in [5, 5.41) is 17.5. The van der Waals surface area contributed by atoms with Gasteiger partial charge in [0.1, 0.15) is 22.8 Å². The van der Waals surface area contributed by atoms with Gasteiger partial charge < -0.3 is 19.8 Å². The number of aliphatic hydroxyl groups is 1. The lowest BCUT2D eigenvalue weighted by atomic mass is 9.93. The number of hydrogen-bond acceptors (Lipinski definition) is 5. The van der Waals surface area contributed by atoms with Crippen molar-refractivity contribution < 1.29 is 18.8 Å². The molecule has 0 aliphatic carbocycles. The van der Waals surface area contributed by atoms with Crippen molar-refractivity contribution in [1.29, 1.82) is 0 Å². The molecule has 0 bridgehead atoms. The molecular formula is C20H19FN4O3. The molecule has 0 radical (unpaired) electrons. The molecule has 28 heavy (non-hydrogen) atoms. The summed E-state index contributed by atoms with van der Waals surface area (Å²) < 4.78 is 19.3. The molecule has 1 aliphatic rings. The Bertz CT molecular complexity index is 978. The van der Waals surface area contributed by atoms with Crippen LogP contribution in [0.25, 0.3) is 11.5 Å². The van der Waals surface area contributed by atoms with Crippen LogP contribution in [0.15, 0.2) is 59.3 Å². The van der Waals surface area contributed by atoms with Crippen LogP contribution in [0.1, 0.15) is 17.7 Å². The molecule has 1 aliphatic heterocycles. The number of rotatable bonds is 4.